The van der Waals surface area contributed by atoms with Crippen molar-refractivity contribution in [3.05, 3.63) is 5.69 Å². The normalized spacial score (nSPS) is 13.3. The molecule has 2 rings (SSSR count). The summed E-state index contributed by atoms with van der Waals surface area (Å²) >= 11 is 0. The average molecular weight is 249 g/mol. The average Bonchev–Trinajstić information content (AvgIpc) is 2.84. The van der Waals surface area contributed by atoms with E-state index in [2.05, 4.69) is 35.4 Å². The molecule has 1 unspecified atom stereocenters. The van der Waals surface area contributed by atoms with Crippen molar-refractivity contribution in [1.29, 1.82) is 0 Å². The number of nitrogen functional groups attached to an aromatic ring is 1. The van der Waals surface area contributed by atoms with Gasteiger partial charge in [-0.3, -0.25) is 4.57 Å². The lowest BCUT2D eigenvalue weighted by atomic mass is 10.1. The lowest BCUT2D eigenvalue weighted by molar-refractivity contribution is 0.453. The number of rotatable bonds is 5. The summed E-state index contributed by atoms with van der Waals surface area (Å²) in [6, 6.07) is 0.418. The highest BCUT2D eigenvalue weighted by Gasteiger charge is 2.21. The van der Waals surface area contributed by atoms with Gasteiger partial charge < -0.3 is 5.73 Å². The second-order valence-electron chi connectivity index (χ2n) is 4.76. The lowest BCUT2D eigenvalue weighted by Crippen LogP contribution is -2.14. The lowest BCUT2D eigenvalue weighted by Gasteiger charge is -2.18. The Balaban J connectivity index is 2.64. The van der Waals surface area contributed by atoms with Crippen LogP contribution in [0.4, 0.5) is 5.95 Å². The van der Waals surface area contributed by atoms with Crippen molar-refractivity contribution < 1.29 is 0 Å². The van der Waals surface area contributed by atoms with Gasteiger partial charge in [0, 0.05) is 12.6 Å². The van der Waals surface area contributed by atoms with Crippen LogP contribution in [0.5, 0.6) is 0 Å². The number of hydrogen-bond acceptors (Lipinski definition) is 3. The van der Waals surface area contributed by atoms with E-state index in [9.17, 15) is 0 Å². The second-order valence-corrected chi connectivity index (χ2v) is 4.76. The Morgan fingerprint density at radius 2 is 2.00 bits per heavy atom. The van der Waals surface area contributed by atoms with Gasteiger partial charge in [0.05, 0.1) is 5.69 Å². The van der Waals surface area contributed by atoms with Gasteiger partial charge in [-0.1, -0.05) is 20.3 Å². The van der Waals surface area contributed by atoms with E-state index >= 15 is 0 Å². The molecular formula is C13H23N5. The Kier molecular flexibility index (Phi) is 3.59. The van der Waals surface area contributed by atoms with Gasteiger partial charge in [-0.05, 0) is 26.7 Å². The minimum absolute atomic E-state index is 0.418. The molecule has 0 amide bonds. The number of hydrogen-bond donors (Lipinski definition) is 1. The Hall–Kier alpha value is -1.52. The van der Waals surface area contributed by atoms with Crippen molar-refractivity contribution >= 4 is 17.1 Å². The fraction of sp³-hybridized carbons (Fsp3) is 0.692. The van der Waals surface area contributed by atoms with E-state index in [4.69, 9.17) is 5.73 Å². The second kappa shape index (κ2) is 5.00. The first-order valence-corrected chi connectivity index (χ1v) is 6.84. The summed E-state index contributed by atoms with van der Waals surface area (Å²) in [5.41, 5.74) is 9.09. The van der Waals surface area contributed by atoms with Crippen LogP contribution in [0.3, 0.4) is 0 Å². The zero-order valence-corrected chi connectivity index (χ0v) is 11.8. The van der Waals surface area contributed by atoms with Crippen molar-refractivity contribution in [3.63, 3.8) is 0 Å². The van der Waals surface area contributed by atoms with Crippen molar-refractivity contribution in [2.45, 2.75) is 59.5 Å². The highest BCUT2D eigenvalue weighted by atomic mass is 15.4. The molecule has 0 aliphatic heterocycles. The predicted octanol–water partition coefficient (Wildman–Crippen LogP) is 2.89. The molecule has 0 aliphatic carbocycles. The van der Waals surface area contributed by atoms with Gasteiger partial charge in [-0.2, -0.15) is 5.10 Å². The molecule has 1 atom stereocenters. The Morgan fingerprint density at radius 1 is 1.28 bits per heavy atom. The molecule has 0 spiro atoms. The maximum atomic E-state index is 6.11. The van der Waals surface area contributed by atoms with Crippen LogP contribution in [-0.4, -0.2) is 19.3 Å². The summed E-state index contributed by atoms with van der Waals surface area (Å²) in [6.07, 6.45) is 3.34. The third-order valence-corrected chi connectivity index (χ3v) is 3.53. The molecule has 0 fully saturated rings. The Bertz CT molecular complexity index is 537. The first-order chi connectivity index (χ1) is 8.63. The molecule has 0 bridgehead atoms. The maximum Gasteiger partial charge on any atom is 0.202 e. The number of nitrogens with zero attached hydrogens (tertiary/aromatic N) is 4. The fourth-order valence-electron chi connectivity index (χ4n) is 2.64. The third-order valence-electron chi connectivity index (χ3n) is 3.53. The molecule has 5 nitrogen and oxygen atoms in total. The minimum Gasteiger partial charge on any atom is -0.369 e. The quantitative estimate of drug-likeness (QED) is 0.886. The van der Waals surface area contributed by atoms with Crippen LogP contribution in [0, 0.1) is 6.92 Å². The van der Waals surface area contributed by atoms with E-state index in [1.807, 2.05) is 11.6 Å². The van der Waals surface area contributed by atoms with E-state index in [-0.39, 0.29) is 0 Å². The maximum absolute atomic E-state index is 6.11. The summed E-state index contributed by atoms with van der Waals surface area (Å²) in [7, 11) is 0. The topological polar surface area (TPSA) is 61.7 Å². The molecule has 0 saturated carbocycles. The molecule has 5 heteroatoms. The van der Waals surface area contributed by atoms with Crippen LogP contribution in [0.15, 0.2) is 0 Å². The van der Waals surface area contributed by atoms with Crippen LogP contribution >= 0.6 is 0 Å². The van der Waals surface area contributed by atoms with Crippen molar-refractivity contribution in [1.82, 2.24) is 19.3 Å². The number of anilines is 1. The molecule has 2 aromatic heterocycles. The molecular weight excluding hydrogens is 226 g/mol. The van der Waals surface area contributed by atoms with Gasteiger partial charge in [-0.15, -0.1) is 0 Å². The van der Waals surface area contributed by atoms with Crippen molar-refractivity contribution in [3.8, 4) is 0 Å². The van der Waals surface area contributed by atoms with Crippen LogP contribution in [0.2, 0.25) is 0 Å². The fourth-order valence-corrected chi connectivity index (χ4v) is 2.64. The van der Waals surface area contributed by atoms with E-state index in [0.717, 1.165) is 42.7 Å². The van der Waals surface area contributed by atoms with Crippen LogP contribution in [0.25, 0.3) is 11.2 Å². The molecule has 2 heterocycles. The van der Waals surface area contributed by atoms with Gasteiger partial charge in [0.1, 0.15) is 5.52 Å². The van der Waals surface area contributed by atoms with E-state index < -0.39 is 0 Å². The van der Waals surface area contributed by atoms with Crippen molar-refractivity contribution in [2.24, 2.45) is 0 Å². The summed E-state index contributed by atoms with van der Waals surface area (Å²) in [6.45, 7) is 9.34. The first kappa shape index (κ1) is 12.9. The molecule has 0 aliphatic rings. The van der Waals surface area contributed by atoms with E-state index in [1.54, 1.807) is 0 Å². The van der Waals surface area contributed by atoms with Gasteiger partial charge in [0.15, 0.2) is 5.65 Å². The molecule has 18 heavy (non-hydrogen) atoms. The number of nitrogens with two attached hydrogens (primary N) is 1. The number of imidazole rings is 1. The first-order valence-electron chi connectivity index (χ1n) is 6.84. The highest BCUT2D eigenvalue weighted by molar-refractivity contribution is 5.77. The Morgan fingerprint density at radius 3 is 2.56 bits per heavy atom. The molecule has 2 aromatic rings. The van der Waals surface area contributed by atoms with E-state index in [1.165, 1.54) is 0 Å². The zero-order valence-electron chi connectivity index (χ0n) is 11.8. The number of aryl methyl sites for hydroxylation is 2. The monoisotopic (exact) mass is 249 g/mol. The minimum atomic E-state index is 0.418. The SMILES string of the molecule is CCCC(CC)n1c(N)nc2c(C)nn(CC)c21. The third kappa shape index (κ3) is 1.87. The van der Waals surface area contributed by atoms with E-state index in [0.29, 0.717) is 12.0 Å². The number of aromatic nitrogens is 4. The van der Waals surface area contributed by atoms with Crippen molar-refractivity contribution in [2.75, 3.05) is 5.73 Å². The molecule has 2 N–H and O–H groups in total. The highest BCUT2D eigenvalue weighted by Crippen LogP contribution is 2.29. The summed E-state index contributed by atoms with van der Waals surface area (Å²) in [5.74, 6) is 0.619. The van der Waals surface area contributed by atoms with Gasteiger partial charge in [-0.25, -0.2) is 9.67 Å². The summed E-state index contributed by atoms with van der Waals surface area (Å²) in [5, 5.41) is 4.52. The summed E-state index contributed by atoms with van der Waals surface area (Å²) in [4.78, 5) is 4.49. The van der Waals surface area contributed by atoms with Gasteiger partial charge >= 0.3 is 0 Å². The molecule has 0 saturated heterocycles. The van der Waals surface area contributed by atoms with Gasteiger partial charge in [0.25, 0.3) is 0 Å². The molecule has 100 valence electrons. The summed E-state index contributed by atoms with van der Waals surface area (Å²) < 4.78 is 4.18. The van der Waals surface area contributed by atoms with Crippen LogP contribution < -0.4 is 5.73 Å². The Labute approximate surface area is 108 Å². The molecule has 0 aromatic carbocycles. The van der Waals surface area contributed by atoms with Crippen LogP contribution in [0.1, 0.15) is 51.8 Å². The van der Waals surface area contributed by atoms with Crippen LogP contribution in [-0.2, 0) is 6.54 Å². The van der Waals surface area contributed by atoms with Gasteiger partial charge in [0.2, 0.25) is 5.95 Å². The largest absolute Gasteiger partial charge is 0.369 e. The predicted molar refractivity (Wildman–Crippen MR) is 74.6 cm³/mol. The smallest absolute Gasteiger partial charge is 0.202 e. The number of fused-ring (bicyclic) bond motifs is 1. The standard InChI is InChI=1S/C13H23N5/c1-5-8-10(6-2)18-12-11(15-13(18)14)9(4)16-17(12)7-3/h10H,5-8H2,1-4H3,(H2,14,15). The zero-order chi connectivity index (χ0) is 13.3. The molecule has 0 radical (unpaired) electrons.